The summed E-state index contributed by atoms with van der Waals surface area (Å²) in [5, 5.41) is 24.9. The number of hydrogen-bond donors (Lipinski definition) is 1. The lowest BCUT2D eigenvalue weighted by Gasteiger charge is -2.30. The molecule has 1 aliphatic rings. The number of amides is 1. The van der Waals surface area contributed by atoms with Crippen LogP contribution < -0.4 is 10.2 Å². The van der Waals surface area contributed by atoms with Crippen LogP contribution in [0.1, 0.15) is 15.9 Å². The Morgan fingerprint density at radius 1 is 1.11 bits per heavy atom. The van der Waals surface area contributed by atoms with E-state index < -0.39 is 15.8 Å². The van der Waals surface area contributed by atoms with Crippen molar-refractivity contribution in [2.24, 2.45) is 0 Å². The minimum atomic E-state index is -0.575. The standard InChI is InChI=1S/C18H18N4O6/c1-12-15(3-2-4-16(12)22(26)27)19-18(23)14-11-13(21(24)25)5-6-17(14)20-7-9-28-10-8-20/h2-6,11H,7-10H2,1H3,(H,19,23). The first-order chi connectivity index (χ1) is 13.4. The molecule has 0 bridgehead atoms. The molecule has 0 spiro atoms. The molecule has 10 heteroatoms. The molecule has 0 aromatic heterocycles. The lowest BCUT2D eigenvalue weighted by Crippen LogP contribution is -2.37. The van der Waals surface area contributed by atoms with Crippen LogP contribution >= 0.6 is 0 Å². The van der Waals surface area contributed by atoms with Gasteiger partial charge in [0.2, 0.25) is 0 Å². The Bertz CT molecular complexity index is 940. The van der Waals surface area contributed by atoms with Crippen molar-refractivity contribution in [2.75, 3.05) is 36.5 Å². The number of nitrogens with one attached hydrogen (secondary N) is 1. The molecule has 0 aliphatic carbocycles. The molecule has 0 atom stereocenters. The van der Waals surface area contributed by atoms with E-state index in [4.69, 9.17) is 4.74 Å². The summed E-state index contributed by atoms with van der Waals surface area (Å²) in [6, 6.07) is 8.46. The monoisotopic (exact) mass is 386 g/mol. The highest BCUT2D eigenvalue weighted by Gasteiger charge is 2.23. The number of benzene rings is 2. The third-order valence-electron chi connectivity index (χ3n) is 4.54. The SMILES string of the molecule is Cc1c(NC(=O)c2cc([N+](=O)[O-])ccc2N2CCOCC2)cccc1[N+](=O)[O-]. The summed E-state index contributed by atoms with van der Waals surface area (Å²) in [6.07, 6.45) is 0. The predicted molar refractivity (Wildman–Crippen MR) is 102 cm³/mol. The van der Waals surface area contributed by atoms with Gasteiger partial charge in [0.05, 0.1) is 45.6 Å². The van der Waals surface area contributed by atoms with Gasteiger partial charge in [-0.15, -0.1) is 0 Å². The van der Waals surface area contributed by atoms with E-state index in [0.717, 1.165) is 0 Å². The molecular weight excluding hydrogens is 368 g/mol. The molecule has 2 aromatic carbocycles. The van der Waals surface area contributed by atoms with Crippen LogP contribution in [0.2, 0.25) is 0 Å². The predicted octanol–water partition coefficient (Wildman–Crippen LogP) is 2.90. The Balaban J connectivity index is 1.98. The summed E-state index contributed by atoms with van der Waals surface area (Å²) in [6.45, 7) is 3.61. The molecule has 0 unspecified atom stereocenters. The molecule has 2 aromatic rings. The van der Waals surface area contributed by atoms with E-state index in [2.05, 4.69) is 5.32 Å². The number of rotatable bonds is 5. The van der Waals surface area contributed by atoms with Gasteiger partial charge in [-0.25, -0.2) is 0 Å². The van der Waals surface area contributed by atoms with E-state index in [1.807, 2.05) is 4.90 Å². The summed E-state index contributed by atoms with van der Waals surface area (Å²) in [5.74, 6) is -0.575. The highest BCUT2D eigenvalue weighted by molar-refractivity contribution is 6.09. The molecule has 0 saturated carbocycles. The van der Waals surface area contributed by atoms with Gasteiger partial charge in [0.25, 0.3) is 17.3 Å². The first-order valence-electron chi connectivity index (χ1n) is 8.55. The Kier molecular flexibility index (Phi) is 5.50. The third-order valence-corrected chi connectivity index (χ3v) is 4.54. The molecule has 1 heterocycles. The molecule has 1 saturated heterocycles. The van der Waals surface area contributed by atoms with Crippen LogP contribution in [0, 0.1) is 27.2 Å². The van der Waals surface area contributed by atoms with Gasteiger partial charge in [-0.05, 0) is 19.1 Å². The number of carbonyl (C=O) groups excluding carboxylic acids is 1. The molecule has 1 aliphatic heterocycles. The zero-order valence-corrected chi connectivity index (χ0v) is 15.1. The van der Waals surface area contributed by atoms with E-state index in [9.17, 15) is 25.0 Å². The maximum Gasteiger partial charge on any atom is 0.274 e. The topological polar surface area (TPSA) is 128 Å². The lowest BCUT2D eigenvalue weighted by atomic mass is 10.1. The van der Waals surface area contributed by atoms with Gasteiger partial charge in [-0.2, -0.15) is 0 Å². The number of non-ortho nitro benzene ring substituents is 1. The highest BCUT2D eigenvalue weighted by Crippen LogP contribution is 2.29. The largest absolute Gasteiger partial charge is 0.378 e. The van der Waals surface area contributed by atoms with Crippen molar-refractivity contribution in [3.63, 3.8) is 0 Å². The molecule has 146 valence electrons. The summed E-state index contributed by atoms with van der Waals surface area (Å²) in [4.78, 5) is 36.0. The smallest absolute Gasteiger partial charge is 0.274 e. The summed E-state index contributed by atoms with van der Waals surface area (Å²) in [5.41, 5.74) is 0.928. The molecule has 1 fully saturated rings. The molecule has 3 rings (SSSR count). The van der Waals surface area contributed by atoms with E-state index >= 15 is 0 Å². The number of ether oxygens (including phenoxy) is 1. The lowest BCUT2D eigenvalue weighted by molar-refractivity contribution is -0.385. The number of hydrogen-bond acceptors (Lipinski definition) is 7. The average Bonchev–Trinajstić information content (AvgIpc) is 2.69. The van der Waals surface area contributed by atoms with Crippen molar-refractivity contribution in [3.8, 4) is 0 Å². The number of nitro benzene ring substituents is 2. The van der Waals surface area contributed by atoms with E-state index in [1.165, 1.54) is 31.2 Å². The van der Waals surface area contributed by atoms with Gasteiger partial charge in [0.1, 0.15) is 0 Å². The first kappa shape index (κ1) is 19.2. The van der Waals surface area contributed by atoms with E-state index in [0.29, 0.717) is 37.6 Å². The van der Waals surface area contributed by atoms with Crippen LogP contribution in [-0.4, -0.2) is 42.1 Å². The van der Waals surface area contributed by atoms with Crippen LogP contribution in [0.4, 0.5) is 22.7 Å². The quantitative estimate of drug-likeness (QED) is 0.618. The third kappa shape index (κ3) is 3.91. The van der Waals surface area contributed by atoms with Gasteiger partial charge >= 0.3 is 0 Å². The Morgan fingerprint density at radius 2 is 1.82 bits per heavy atom. The minimum Gasteiger partial charge on any atom is -0.378 e. The van der Waals surface area contributed by atoms with Crippen molar-refractivity contribution in [1.29, 1.82) is 0 Å². The number of morpholine rings is 1. The van der Waals surface area contributed by atoms with Crippen LogP contribution in [0.3, 0.4) is 0 Å². The second-order valence-electron chi connectivity index (χ2n) is 6.22. The fourth-order valence-corrected chi connectivity index (χ4v) is 3.05. The van der Waals surface area contributed by atoms with Crippen molar-refractivity contribution >= 4 is 28.7 Å². The van der Waals surface area contributed by atoms with Crippen molar-refractivity contribution < 1.29 is 19.4 Å². The number of nitro groups is 2. The fraction of sp³-hybridized carbons (Fsp3) is 0.278. The number of carbonyl (C=O) groups is 1. The maximum absolute atomic E-state index is 12.9. The van der Waals surface area contributed by atoms with Gasteiger partial charge in [0.15, 0.2) is 0 Å². The first-order valence-corrected chi connectivity index (χ1v) is 8.55. The van der Waals surface area contributed by atoms with E-state index in [-0.39, 0.29) is 22.6 Å². The minimum absolute atomic E-state index is 0.120. The number of nitrogens with zero attached hydrogens (tertiary/aromatic N) is 3. The number of anilines is 2. The van der Waals surface area contributed by atoms with Crippen molar-refractivity contribution in [1.82, 2.24) is 0 Å². The molecule has 10 nitrogen and oxygen atoms in total. The van der Waals surface area contributed by atoms with Crippen molar-refractivity contribution in [2.45, 2.75) is 6.92 Å². The zero-order chi connectivity index (χ0) is 20.3. The van der Waals surface area contributed by atoms with Gasteiger partial charge < -0.3 is 15.0 Å². The maximum atomic E-state index is 12.9. The Hall–Kier alpha value is -3.53. The van der Waals surface area contributed by atoms with Crippen LogP contribution in [0.25, 0.3) is 0 Å². The van der Waals surface area contributed by atoms with Gasteiger partial charge in [-0.1, -0.05) is 6.07 Å². The Morgan fingerprint density at radius 3 is 2.46 bits per heavy atom. The second-order valence-corrected chi connectivity index (χ2v) is 6.22. The van der Waals surface area contributed by atoms with Crippen LogP contribution in [-0.2, 0) is 4.74 Å². The Labute approximate surface area is 160 Å². The fourth-order valence-electron chi connectivity index (χ4n) is 3.05. The molecule has 28 heavy (non-hydrogen) atoms. The molecular formula is C18H18N4O6. The molecule has 1 amide bonds. The highest BCUT2D eigenvalue weighted by atomic mass is 16.6. The van der Waals surface area contributed by atoms with Gasteiger partial charge in [0, 0.05) is 31.3 Å². The molecule has 1 N–H and O–H groups in total. The van der Waals surface area contributed by atoms with Crippen molar-refractivity contribution in [3.05, 3.63) is 67.8 Å². The average molecular weight is 386 g/mol. The van der Waals surface area contributed by atoms with Gasteiger partial charge in [-0.3, -0.25) is 25.0 Å². The van der Waals surface area contributed by atoms with E-state index in [1.54, 1.807) is 12.1 Å². The zero-order valence-electron chi connectivity index (χ0n) is 15.1. The summed E-state index contributed by atoms with van der Waals surface area (Å²) >= 11 is 0. The van der Waals surface area contributed by atoms with Crippen LogP contribution in [0.5, 0.6) is 0 Å². The summed E-state index contributed by atoms with van der Waals surface area (Å²) in [7, 11) is 0. The second kappa shape index (κ2) is 8.01. The normalized spacial score (nSPS) is 13.8. The molecule has 0 radical (unpaired) electrons. The summed E-state index contributed by atoms with van der Waals surface area (Å²) < 4.78 is 5.32. The van der Waals surface area contributed by atoms with Crippen LogP contribution in [0.15, 0.2) is 36.4 Å².